The van der Waals surface area contributed by atoms with Gasteiger partial charge in [-0.3, -0.25) is 0 Å². The second kappa shape index (κ2) is 9.08. The van der Waals surface area contributed by atoms with Crippen molar-refractivity contribution in [1.29, 1.82) is 0 Å². The number of benzene rings is 2. The van der Waals surface area contributed by atoms with E-state index >= 15 is 0 Å². The second-order valence-corrected chi connectivity index (χ2v) is 5.98. The summed E-state index contributed by atoms with van der Waals surface area (Å²) in [6, 6.07) is 7.59. The maximum absolute atomic E-state index is 5.77. The molecule has 0 amide bonds. The van der Waals surface area contributed by atoms with Crippen LogP contribution < -0.4 is 28.4 Å². The summed E-state index contributed by atoms with van der Waals surface area (Å²) in [4.78, 5) is 0. The van der Waals surface area contributed by atoms with Gasteiger partial charge in [0.15, 0.2) is 23.0 Å². The normalized spacial score (nSPS) is 12.1. The number of methoxy groups -OCH3 is 3. The standard InChI is InChI=1S/C22H24O6/c1-5-9-26-17-13-19-18(27-14-28-19)12-16(17)8-6-7-15-10-20(23-2)22(25-4)21(11-15)24-3/h5-7,10-13H,1,8-9,14H2,2-4H3/b7-6+. The molecule has 2 aromatic carbocycles. The lowest BCUT2D eigenvalue weighted by Crippen LogP contribution is -1.97. The maximum Gasteiger partial charge on any atom is 0.231 e. The third kappa shape index (κ3) is 4.17. The fourth-order valence-corrected chi connectivity index (χ4v) is 2.93. The van der Waals surface area contributed by atoms with E-state index in [1.54, 1.807) is 27.4 Å². The zero-order valence-corrected chi connectivity index (χ0v) is 16.3. The smallest absolute Gasteiger partial charge is 0.231 e. The van der Waals surface area contributed by atoms with Crippen molar-refractivity contribution in [2.24, 2.45) is 0 Å². The fourth-order valence-electron chi connectivity index (χ4n) is 2.93. The van der Waals surface area contributed by atoms with E-state index in [9.17, 15) is 0 Å². The molecule has 1 aliphatic heterocycles. The van der Waals surface area contributed by atoms with Crippen LogP contribution in [0.1, 0.15) is 11.1 Å². The molecule has 148 valence electrons. The minimum atomic E-state index is 0.223. The Morgan fingerprint density at radius 1 is 0.929 bits per heavy atom. The number of ether oxygens (including phenoxy) is 6. The summed E-state index contributed by atoms with van der Waals surface area (Å²) in [5, 5.41) is 0. The fraction of sp³-hybridized carbons (Fsp3) is 0.273. The number of hydrogen-bond donors (Lipinski definition) is 0. The number of allylic oxidation sites excluding steroid dienone is 1. The molecule has 0 saturated heterocycles. The number of fused-ring (bicyclic) bond motifs is 1. The lowest BCUT2D eigenvalue weighted by molar-refractivity contribution is 0.174. The molecule has 0 radical (unpaired) electrons. The summed E-state index contributed by atoms with van der Waals surface area (Å²) >= 11 is 0. The first kappa shape index (κ1) is 19.5. The first-order valence-electron chi connectivity index (χ1n) is 8.83. The van der Waals surface area contributed by atoms with E-state index in [1.807, 2.05) is 36.4 Å². The van der Waals surface area contributed by atoms with Gasteiger partial charge in [-0.2, -0.15) is 0 Å². The van der Waals surface area contributed by atoms with Gasteiger partial charge in [0.05, 0.1) is 21.3 Å². The summed E-state index contributed by atoms with van der Waals surface area (Å²) in [5.74, 6) is 3.95. The summed E-state index contributed by atoms with van der Waals surface area (Å²) < 4.78 is 32.8. The van der Waals surface area contributed by atoms with Crippen LogP contribution in [0.25, 0.3) is 6.08 Å². The van der Waals surface area contributed by atoms with Crippen LogP contribution in [-0.4, -0.2) is 34.7 Å². The Labute approximate surface area is 164 Å². The molecule has 0 fully saturated rings. The van der Waals surface area contributed by atoms with Crippen molar-refractivity contribution < 1.29 is 28.4 Å². The zero-order valence-electron chi connectivity index (χ0n) is 16.3. The first-order chi connectivity index (χ1) is 13.7. The third-order valence-electron chi connectivity index (χ3n) is 4.25. The zero-order chi connectivity index (χ0) is 19.9. The van der Waals surface area contributed by atoms with E-state index in [2.05, 4.69) is 6.58 Å². The summed E-state index contributed by atoms with van der Waals surface area (Å²) in [6.07, 6.45) is 6.39. The highest BCUT2D eigenvalue weighted by Gasteiger charge is 2.17. The largest absolute Gasteiger partial charge is 0.493 e. The Kier molecular flexibility index (Phi) is 6.32. The maximum atomic E-state index is 5.77. The van der Waals surface area contributed by atoms with E-state index in [4.69, 9.17) is 28.4 Å². The Bertz CT molecular complexity index is 847. The highest BCUT2D eigenvalue weighted by Crippen LogP contribution is 2.40. The minimum Gasteiger partial charge on any atom is -0.493 e. The molecule has 3 rings (SSSR count). The van der Waals surface area contributed by atoms with Crippen LogP contribution in [0.5, 0.6) is 34.5 Å². The lowest BCUT2D eigenvalue weighted by Gasteiger charge is -2.13. The van der Waals surface area contributed by atoms with Gasteiger partial charge in [0.2, 0.25) is 12.5 Å². The van der Waals surface area contributed by atoms with Gasteiger partial charge in [-0.15, -0.1) is 0 Å². The van der Waals surface area contributed by atoms with Gasteiger partial charge < -0.3 is 28.4 Å². The van der Waals surface area contributed by atoms with Gasteiger partial charge in [0, 0.05) is 11.6 Å². The molecule has 0 atom stereocenters. The average molecular weight is 384 g/mol. The molecular formula is C22H24O6. The van der Waals surface area contributed by atoms with Crippen molar-refractivity contribution in [3.8, 4) is 34.5 Å². The van der Waals surface area contributed by atoms with Gasteiger partial charge in [0.1, 0.15) is 12.4 Å². The molecular weight excluding hydrogens is 360 g/mol. The summed E-state index contributed by atoms with van der Waals surface area (Å²) in [6.45, 7) is 4.34. The summed E-state index contributed by atoms with van der Waals surface area (Å²) in [7, 11) is 4.78. The molecule has 0 aromatic heterocycles. The van der Waals surface area contributed by atoms with Crippen LogP contribution in [0, 0.1) is 0 Å². The van der Waals surface area contributed by atoms with Crippen LogP contribution in [0.3, 0.4) is 0 Å². The van der Waals surface area contributed by atoms with Gasteiger partial charge in [-0.05, 0) is 30.2 Å². The van der Waals surface area contributed by atoms with Gasteiger partial charge in [0.25, 0.3) is 0 Å². The average Bonchev–Trinajstić information content (AvgIpc) is 3.18. The first-order valence-corrected chi connectivity index (χ1v) is 8.83. The van der Waals surface area contributed by atoms with Crippen molar-refractivity contribution in [3.05, 3.63) is 54.1 Å². The van der Waals surface area contributed by atoms with Crippen LogP contribution in [0.2, 0.25) is 0 Å². The van der Waals surface area contributed by atoms with Crippen molar-refractivity contribution in [2.75, 3.05) is 34.7 Å². The van der Waals surface area contributed by atoms with Crippen LogP contribution >= 0.6 is 0 Å². The Morgan fingerprint density at radius 2 is 1.61 bits per heavy atom. The van der Waals surface area contributed by atoms with Gasteiger partial charge in [-0.1, -0.05) is 24.8 Å². The lowest BCUT2D eigenvalue weighted by atomic mass is 10.1. The molecule has 1 heterocycles. The molecule has 2 aromatic rings. The van der Waals surface area contributed by atoms with Gasteiger partial charge in [-0.25, -0.2) is 0 Å². The highest BCUT2D eigenvalue weighted by atomic mass is 16.7. The van der Waals surface area contributed by atoms with Crippen molar-refractivity contribution in [2.45, 2.75) is 6.42 Å². The number of hydrogen-bond acceptors (Lipinski definition) is 6. The predicted octanol–water partition coefficient (Wildman–Crippen LogP) is 4.26. The molecule has 0 bridgehead atoms. The Morgan fingerprint density at radius 3 is 2.21 bits per heavy atom. The Balaban J connectivity index is 1.83. The van der Waals surface area contributed by atoms with Gasteiger partial charge >= 0.3 is 0 Å². The monoisotopic (exact) mass is 384 g/mol. The third-order valence-corrected chi connectivity index (χ3v) is 4.25. The molecule has 0 unspecified atom stereocenters. The van der Waals surface area contributed by atoms with Crippen molar-refractivity contribution in [3.63, 3.8) is 0 Å². The molecule has 6 nitrogen and oxygen atoms in total. The second-order valence-electron chi connectivity index (χ2n) is 5.98. The van der Waals surface area contributed by atoms with E-state index in [-0.39, 0.29) is 6.79 Å². The topological polar surface area (TPSA) is 55.4 Å². The molecule has 0 N–H and O–H groups in total. The van der Waals surface area contributed by atoms with Crippen molar-refractivity contribution in [1.82, 2.24) is 0 Å². The number of rotatable bonds is 9. The van der Waals surface area contributed by atoms with Crippen LogP contribution in [0.4, 0.5) is 0 Å². The summed E-state index contributed by atoms with van der Waals surface area (Å²) in [5.41, 5.74) is 1.93. The van der Waals surface area contributed by atoms with Crippen LogP contribution in [-0.2, 0) is 6.42 Å². The molecule has 0 aliphatic carbocycles. The van der Waals surface area contributed by atoms with E-state index in [0.717, 1.165) is 22.6 Å². The quantitative estimate of drug-likeness (QED) is 0.602. The molecule has 0 spiro atoms. The minimum absolute atomic E-state index is 0.223. The molecule has 0 saturated carbocycles. The SMILES string of the molecule is C=CCOc1cc2c(cc1C/C=C/c1cc(OC)c(OC)c(OC)c1)OCO2. The highest BCUT2D eigenvalue weighted by molar-refractivity contribution is 5.62. The van der Waals surface area contributed by atoms with Crippen LogP contribution in [0.15, 0.2) is 43.0 Å². The predicted molar refractivity (Wildman–Crippen MR) is 107 cm³/mol. The van der Waals surface area contributed by atoms with E-state index < -0.39 is 0 Å². The van der Waals surface area contributed by atoms with E-state index in [1.165, 1.54) is 0 Å². The molecule has 28 heavy (non-hydrogen) atoms. The molecule has 6 heteroatoms. The van der Waals surface area contributed by atoms with Crippen molar-refractivity contribution >= 4 is 6.08 Å². The Hall–Kier alpha value is -3.28. The molecule has 1 aliphatic rings. The van der Waals surface area contributed by atoms with E-state index in [0.29, 0.717) is 36.0 Å².